The van der Waals surface area contributed by atoms with Gasteiger partial charge in [-0.1, -0.05) is 30.3 Å². The highest BCUT2D eigenvalue weighted by molar-refractivity contribution is 7.16. The van der Waals surface area contributed by atoms with Crippen LogP contribution in [0.1, 0.15) is 18.7 Å². The molecule has 0 spiro atoms. The largest absolute Gasteiger partial charge is 0.490 e. The zero-order chi connectivity index (χ0) is 24.2. The van der Waals surface area contributed by atoms with Crippen LogP contribution in [0.5, 0.6) is 5.75 Å². The fraction of sp³-hybridized carbons (Fsp3) is 0.192. The number of carbonyl (C=O) groups excluding carboxylic acids is 1. The number of thiazole rings is 1. The Labute approximate surface area is 200 Å². The maximum absolute atomic E-state index is 13.3. The van der Waals surface area contributed by atoms with E-state index in [0.717, 1.165) is 21.7 Å². The van der Waals surface area contributed by atoms with Gasteiger partial charge in [-0.3, -0.25) is 4.79 Å². The van der Waals surface area contributed by atoms with Gasteiger partial charge in [-0.05, 0) is 39.0 Å². The van der Waals surface area contributed by atoms with Gasteiger partial charge in [-0.2, -0.15) is 0 Å². The Morgan fingerprint density at radius 2 is 1.94 bits per heavy atom. The molecule has 0 aliphatic rings. The number of fused-ring (bicyclic) bond motifs is 1. The number of esters is 1. The van der Waals surface area contributed by atoms with E-state index in [1.165, 1.54) is 24.5 Å². The molecule has 2 aromatic heterocycles. The second-order valence-corrected chi connectivity index (χ2v) is 8.70. The summed E-state index contributed by atoms with van der Waals surface area (Å²) in [6.45, 7) is 5.80. The van der Waals surface area contributed by atoms with Crippen LogP contribution in [-0.4, -0.2) is 24.7 Å². The van der Waals surface area contributed by atoms with Crippen LogP contribution in [0.4, 0.5) is 5.13 Å². The number of aryl methyl sites for hydroxylation is 1. The average molecular weight is 477 g/mol. The Hall–Kier alpha value is -3.91. The van der Waals surface area contributed by atoms with Crippen LogP contribution in [-0.2, 0) is 9.53 Å². The normalized spacial score (nSPS) is 11.5. The summed E-state index contributed by atoms with van der Waals surface area (Å²) in [7, 11) is 1.46. The van der Waals surface area contributed by atoms with Crippen LogP contribution < -0.4 is 15.5 Å². The molecule has 0 saturated heterocycles. The highest BCUT2D eigenvalue weighted by atomic mass is 32.1. The van der Waals surface area contributed by atoms with Crippen LogP contribution >= 0.6 is 11.3 Å². The summed E-state index contributed by atoms with van der Waals surface area (Å²) in [5.74, 6) is 0.146. The van der Waals surface area contributed by atoms with Gasteiger partial charge >= 0.3 is 5.97 Å². The van der Waals surface area contributed by atoms with Crippen LogP contribution in [0.3, 0.4) is 0 Å². The first-order valence-electron chi connectivity index (χ1n) is 10.7. The van der Waals surface area contributed by atoms with Crippen LogP contribution in [0.25, 0.3) is 33.6 Å². The zero-order valence-corrected chi connectivity index (χ0v) is 20.1. The SMILES string of the molecule is CCOC(=O)/C=C(\C)Nc1nc(-c2ccc3oc(-c4ccccc4)c(OC)c(=O)c3c2)c(C)s1. The predicted octanol–water partition coefficient (Wildman–Crippen LogP) is 5.78. The number of rotatable bonds is 7. The van der Waals surface area contributed by atoms with Crippen molar-refractivity contribution in [3.05, 3.63) is 75.4 Å². The third kappa shape index (κ3) is 4.72. The monoisotopic (exact) mass is 476 g/mol. The maximum Gasteiger partial charge on any atom is 0.332 e. The molecule has 8 heteroatoms. The number of benzene rings is 2. The van der Waals surface area contributed by atoms with E-state index in [-0.39, 0.29) is 11.2 Å². The first-order valence-corrected chi connectivity index (χ1v) is 11.5. The van der Waals surface area contributed by atoms with Gasteiger partial charge < -0.3 is 19.2 Å². The van der Waals surface area contributed by atoms with Gasteiger partial charge in [-0.25, -0.2) is 9.78 Å². The van der Waals surface area contributed by atoms with Crippen LogP contribution in [0, 0.1) is 6.92 Å². The second-order valence-electron chi connectivity index (χ2n) is 7.50. The van der Waals surface area contributed by atoms with Crippen LogP contribution in [0.15, 0.2) is 69.5 Å². The molecule has 34 heavy (non-hydrogen) atoms. The molecule has 0 aliphatic carbocycles. The van der Waals surface area contributed by atoms with E-state index >= 15 is 0 Å². The summed E-state index contributed by atoms with van der Waals surface area (Å²) in [6, 6.07) is 14.8. The standard InChI is InChI=1S/C26H24N2O5S/c1-5-32-21(29)13-15(2)27-26-28-22(16(3)34-26)18-11-12-20-19(14-18)23(30)25(31-4)24(33-20)17-9-7-6-8-10-17/h6-14H,5H2,1-4H3,(H,27,28)/b15-13+. The number of hydrogen-bond donors (Lipinski definition) is 1. The lowest BCUT2D eigenvalue weighted by Crippen LogP contribution is -2.07. The molecule has 0 unspecified atom stereocenters. The molecule has 1 N–H and O–H groups in total. The van der Waals surface area contributed by atoms with E-state index in [1.807, 2.05) is 43.3 Å². The van der Waals surface area contributed by atoms with Crippen molar-refractivity contribution in [2.45, 2.75) is 20.8 Å². The van der Waals surface area contributed by atoms with Crippen molar-refractivity contribution in [3.8, 4) is 28.3 Å². The molecule has 174 valence electrons. The van der Waals surface area contributed by atoms with Crippen molar-refractivity contribution >= 4 is 33.4 Å². The molecule has 0 aliphatic heterocycles. The van der Waals surface area contributed by atoms with Gasteiger partial charge in [0, 0.05) is 27.8 Å². The highest BCUT2D eigenvalue weighted by Crippen LogP contribution is 2.35. The highest BCUT2D eigenvalue weighted by Gasteiger charge is 2.18. The molecule has 0 atom stereocenters. The minimum absolute atomic E-state index is 0.160. The third-order valence-corrected chi connectivity index (χ3v) is 5.97. The number of hydrogen-bond acceptors (Lipinski definition) is 8. The quantitative estimate of drug-likeness (QED) is 0.267. The molecule has 0 bridgehead atoms. The molecule has 0 amide bonds. The van der Waals surface area contributed by atoms with E-state index in [4.69, 9.17) is 13.9 Å². The Morgan fingerprint density at radius 3 is 2.65 bits per heavy atom. The van der Waals surface area contributed by atoms with E-state index in [2.05, 4.69) is 10.3 Å². The van der Waals surface area contributed by atoms with Crippen molar-refractivity contribution in [3.63, 3.8) is 0 Å². The molecule has 2 heterocycles. The number of carbonyl (C=O) groups is 1. The summed E-state index contributed by atoms with van der Waals surface area (Å²) >= 11 is 1.45. The molecular weight excluding hydrogens is 452 g/mol. The Morgan fingerprint density at radius 1 is 1.18 bits per heavy atom. The van der Waals surface area contributed by atoms with Crippen molar-refractivity contribution in [1.29, 1.82) is 0 Å². The molecule has 2 aromatic carbocycles. The summed E-state index contributed by atoms with van der Waals surface area (Å²) in [4.78, 5) is 30.5. The minimum Gasteiger partial charge on any atom is -0.490 e. The van der Waals surface area contributed by atoms with Gasteiger partial charge in [0.2, 0.25) is 11.2 Å². The van der Waals surface area contributed by atoms with E-state index < -0.39 is 5.97 Å². The Bertz CT molecular complexity index is 1440. The summed E-state index contributed by atoms with van der Waals surface area (Å²) < 4.78 is 16.4. The molecular formula is C26H24N2O5S. The van der Waals surface area contributed by atoms with E-state index in [0.29, 0.717) is 34.2 Å². The van der Waals surface area contributed by atoms with Gasteiger partial charge in [0.1, 0.15) is 5.58 Å². The second kappa shape index (κ2) is 9.93. The Balaban J connectivity index is 1.72. The number of methoxy groups -OCH3 is 1. The molecule has 0 fully saturated rings. The number of nitrogens with zero attached hydrogens (tertiary/aromatic N) is 1. The predicted molar refractivity (Wildman–Crippen MR) is 134 cm³/mol. The van der Waals surface area contributed by atoms with E-state index in [9.17, 15) is 9.59 Å². The van der Waals surface area contributed by atoms with Crippen molar-refractivity contribution < 1.29 is 18.7 Å². The van der Waals surface area contributed by atoms with Crippen molar-refractivity contribution in [1.82, 2.24) is 4.98 Å². The van der Waals surface area contributed by atoms with Gasteiger partial charge in [-0.15, -0.1) is 11.3 Å². The zero-order valence-electron chi connectivity index (χ0n) is 19.3. The van der Waals surface area contributed by atoms with E-state index in [1.54, 1.807) is 26.0 Å². The lowest BCUT2D eigenvalue weighted by Gasteiger charge is -2.10. The Kier molecular flexibility index (Phi) is 6.79. The fourth-order valence-corrected chi connectivity index (χ4v) is 4.47. The van der Waals surface area contributed by atoms with Gasteiger partial charge in [0.15, 0.2) is 10.9 Å². The van der Waals surface area contributed by atoms with Crippen molar-refractivity contribution in [2.24, 2.45) is 0 Å². The molecule has 4 aromatic rings. The summed E-state index contributed by atoms with van der Waals surface area (Å²) in [5, 5.41) is 4.17. The molecule has 0 radical (unpaired) electrons. The topological polar surface area (TPSA) is 90.7 Å². The lowest BCUT2D eigenvalue weighted by atomic mass is 10.1. The van der Waals surface area contributed by atoms with Gasteiger partial charge in [0.05, 0.1) is 24.8 Å². The number of allylic oxidation sites excluding steroid dienone is 1. The third-order valence-electron chi connectivity index (χ3n) is 5.08. The molecule has 4 rings (SSSR count). The number of anilines is 1. The first-order chi connectivity index (χ1) is 16.4. The smallest absolute Gasteiger partial charge is 0.332 e. The lowest BCUT2D eigenvalue weighted by molar-refractivity contribution is -0.137. The number of nitrogens with one attached hydrogen (secondary N) is 1. The molecule has 0 saturated carbocycles. The van der Waals surface area contributed by atoms with Crippen molar-refractivity contribution in [2.75, 3.05) is 19.0 Å². The first kappa shape index (κ1) is 23.3. The number of ether oxygens (including phenoxy) is 2. The molecule has 7 nitrogen and oxygen atoms in total. The summed E-state index contributed by atoms with van der Waals surface area (Å²) in [6.07, 6.45) is 1.39. The maximum atomic E-state index is 13.3. The van der Waals surface area contributed by atoms with Gasteiger partial charge in [0.25, 0.3) is 0 Å². The summed E-state index contributed by atoms with van der Waals surface area (Å²) in [5.41, 5.74) is 3.12. The number of aromatic nitrogens is 1. The van der Waals surface area contributed by atoms with Crippen LogP contribution in [0.2, 0.25) is 0 Å². The fourth-order valence-electron chi connectivity index (χ4n) is 3.57. The average Bonchev–Trinajstić information content (AvgIpc) is 3.19. The minimum atomic E-state index is -0.411.